The van der Waals surface area contributed by atoms with Crippen molar-refractivity contribution < 1.29 is 20.4 Å². The van der Waals surface area contributed by atoms with E-state index in [9.17, 15) is 0 Å². The number of fused-ring (bicyclic) bond motifs is 5. The molecular weight excluding hydrogens is 446 g/mol. The molecule has 21 heavy (non-hydrogen) atoms. The molecule has 6 atom stereocenters. The fraction of sp³-hybridized carbons (Fsp3) is 0.947. The van der Waals surface area contributed by atoms with Gasteiger partial charge in [0, 0.05) is 20.4 Å². The molecule has 0 bridgehead atoms. The first-order valence-electron chi connectivity index (χ1n) is 9.21. The maximum Gasteiger partial charge on any atom is 0 e. The topological polar surface area (TPSA) is 0 Å². The monoisotopic (exact) mass is 478 g/mol. The summed E-state index contributed by atoms with van der Waals surface area (Å²) >= 11 is 4.83. The molecule has 121 valence electrons. The Morgan fingerprint density at radius 2 is 1.86 bits per heavy atom. The van der Waals surface area contributed by atoms with Crippen molar-refractivity contribution in [3.63, 3.8) is 0 Å². The molecule has 1 radical (unpaired) electrons. The fourth-order valence-corrected chi connectivity index (χ4v) is 7.11. The molecule has 0 aliphatic heterocycles. The van der Waals surface area contributed by atoms with Gasteiger partial charge in [-0.05, 0) is 42.3 Å². The SMILES string of the molecule is CC12CCCC1C1CC[C@@H]3CC(S)CCC[C-]3C1CC2.[Re]. The van der Waals surface area contributed by atoms with Gasteiger partial charge in [-0.3, -0.25) is 0 Å². The Balaban J connectivity index is 0.00000132. The minimum absolute atomic E-state index is 0. The Morgan fingerprint density at radius 1 is 1.00 bits per heavy atom. The first-order chi connectivity index (χ1) is 9.67. The van der Waals surface area contributed by atoms with Gasteiger partial charge in [0.25, 0.3) is 0 Å². The number of hydrogen-bond acceptors (Lipinski definition) is 1. The van der Waals surface area contributed by atoms with Gasteiger partial charge < -0.3 is 5.92 Å². The Labute approximate surface area is 150 Å². The summed E-state index contributed by atoms with van der Waals surface area (Å²) in [5.74, 6) is 6.13. The van der Waals surface area contributed by atoms with E-state index in [2.05, 4.69) is 6.92 Å². The van der Waals surface area contributed by atoms with E-state index in [1.807, 2.05) is 5.92 Å². The van der Waals surface area contributed by atoms with E-state index >= 15 is 0 Å². The van der Waals surface area contributed by atoms with Crippen molar-refractivity contribution >= 4 is 12.6 Å². The maximum atomic E-state index is 4.83. The van der Waals surface area contributed by atoms with Crippen molar-refractivity contribution in [2.45, 2.75) is 82.8 Å². The van der Waals surface area contributed by atoms with Gasteiger partial charge in [0.05, 0.1) is 0 Å². The molecule has 0 saturated heterocycles. The predicted molar refractivity (Wildman–Crippen MR) is 88.9 cm³/mol. The zero-order valence-electron chi connectivity index (χ0n) is 13.5. The molecule has 4 aliphatic carbocycles. The molecule has 4 fully saturated rings. The summed E-state index contributed by atoms with van der Waals surface area (Å²) in [6.07, 6.45) is 16.3. The van der Waals surface area contributed by atoms with Crippen LogP contribution < -0.4 is 0 Å². The largest absolute Gasteiger partial charge is 0.307 e. The predicted octanol–water partition coefficient (Wildman–Crippen LogP) is 5.67. The molecule has 4 aliphatic rings. The van der Waals surface area contributed by atoms with Crippen LogP contribution in [-0.4, -0.2) is 5.25 Å². The van der Waals surface area contributed by atoms with Crippen molar-refractivity contribution in [1.82, 2.24) is 0 Å². The van der Waals surface area contributed by atoms with Crippen LogP contribution in [0.3, 0.4) is 0 Å². The van der Waals surface area contributed by atoms with Gasteiger partial charge in [0.1, 0.15) is 0 Å². The Hall–Kier alpha value is 1.01. The normalized spacial score (nSPS) is 50.3. The van der Waals surface area contributed by atoms with Gasteiger partial charge in [-0.1, -0.05) is 51.4 Å². The molecule has 0 N–H and O–H groups in total. The van der Waals surface area contributed by atoms with Crippen molar-refractivity contribution in [2.75, 3.05) is 0 Å². The van der Waals surface area contributed by atoms with Crippen molar-refractivity contribution in [3.05, 3.63) is 5.92 Å². The maximum absolute atomic E-state index is 4.83. The third-order valence-corrected chi connectivity index (χ3v) is 8.10. The number of rotatable bonds is 0. The third-order valence-electron chi connectivity index (χ3n) is 7.63. The third kappa shape index (κ3) is 2.92. The molecule has 0 nitrogen and oxygen atoms in total. The smallest absolute Gasteiger partial charge is 0 e. The first-order valence-corrected chi connectivity index (χ1v) is 9.73. The van der Waals surface area contributed by atoms with Gasteiger partial charge in [-0.15, -0.1) is 0 Å². The van der Waals surface area contributed by atoms with Crippen LogP contribution in [0.2, 0.25) is 0 Å². The zero-order chi connectivity index (χ0) is 13.7. The molecule has 0 aromatic rings. The molecule has 0 amide bonds. The average molecular weight is 478 g/mol. The molecule has 4 saturated carbocycles. The molecule has 5 unspecified atom stereocenters. The minimum Gasteiger partial charge on any atom is -0.307 e. The molecule has 0 spiro atoms. The zero-order valence-corrected chi connectivity index (χ0v) is 17.1. The van der Waals surface area contributed by atoms with Crippen molar-refractivity contribution in [3.8, 4) is 0 Å². The minimum atomic E-state index is 0. The van der Waals surface area contributed by atoms with E-state index in [0.717, 1.165) is 29.1 Å². The summed E-state index contributed by atoms with van der Waals surface area (Å²) < 4.78 is 0. The Morgan fingerprint density at radius 3 is 2.71 bits per heavy atom. The quantitative estimate of drug-likeness (QED) is 0.337. The summed E-state index contributed by atoms with van der Waals surface area (Å²) in [5.41, 5.74) is 0.728. The van der Waals surface area contributed by atoms with Gasteiger partial charge in [0.2, 0.25) is 0 Å². The second kappa shape index (κ2) is 6.49. The van der Waals surface area contributed by atoms with Crippen molar-refractivity contribution in [1.29, 1.82) is 0 Å². The molecule has 0 heterocycles. The summed E-state index contributed by atoms with van der Waals surface area (Å²) in [6.45, 7) is 2.62. The summed E-state index contributed by atoms with van der Waals surface area (Å²) in [4.78, 5) is 0. The van der Waals surface area contributed by atoms with Crippen LogP contribution in [-0.2, 0) is 20.4 Å². The van der Waals surface area contributed by atoms with E-state index in [1.165, 1.54) is 57.8 Å². The van der Waals surface area contributed by atoms with Crippen LogP contribution in [0.25, 0.3) is 0 Å². The number of thiol groups is 1. The number of hydrogen-bond donors (Lipinski definition) is 1. The first kappa shape index (κ1) is 16.9. The summed E-state index contributed by atoms with van der Waals surface area (Å²) in [6, 6.07) is 0. The van der Waals surface area contributed by atoms with Crippen LogP contribution >= 0.6 is 12.6 Å². The van der Waals surface area contributed by atoms with Crippen LogP contribution in [0.5, 0.6) is 0 Å². The van der Waals surface area contributed by atoms with Crippen LogP contribution in [0.1, 0.15) is 77.6 Å². The molecular formula is C19H31ReS-. The summed E-state index contributed by atoms with van der Waals surface area (Å²) in [7, 11) is 0. The Bertz CT molecular complexity index is 371. The molecule has 0 aromatic heterocycles. The van der Waals surface area contributed by atoms with Gasteiger partial charge in [-0.2, -0.15) is 30.9 Å². The van der Waals surface area contributed by atoms with Crippen LogP contribution in [0.4, 0.5) is 0 Å². The van der Waals surface area contributed by atoms with Crippen LogP contribution in [0, 0.1) is 35.0 Å². The van der Waals surface area contributed by atoms with E-state index < -0.39 is 0 Å². The molecule has 4 rings (SSSR count). The summed E-state index contributed by atoms with van der Waals surface area (Å²) in [5, 5.41) is 0.689. The molecule has 0 aromatic carbocycles. The van der Waals surface area contributed by atoms with E-state index in [1.54, 1.807) is 12.8 Å². The molecule has 2 heteroatoms. The van der Waals surface area contributed by atoms with E-state index in [0.29, 0.717) is 5.25 Å². The van der Waals surface area contributed by atoms with Gasteiger partial charge in [-0.25, -0.2) is 0 Å². The van der Waals surface area contributed by atoms with Crippen molar-refractivity contribution in [2.24, 2.45) is 29.1 Å². The van der Waals surface area contributed by atoms with Gasteiger partial charge >= 0.3 is 0 Å². The fourth-order valence-electron chi connectivity index (χ4n) is 6.67. The second-order valence-corrected chi connectivity index (χ2v) is 9.32. The van der Waals surface area contributed by atoms with Crippen LogP contribution in [0.15, 0.2) is 0 Å². The van der Waals surface area contributed by atoms with Gasteiger partial charge in [0.15, 0.2) is 0 Å². The average Bonchev–Trinajstić information content (AvgIpc) is 2.71. The standard InChI is InChI=1S/C19H31S.Re/c1-19-10-3-6-18(19)17-8-7-13-12-14(20)4-2-5-15(13)16(17)9-11-19;/h13-14,16-18,20H,2-12H2,1H3;/q-1;/t13-,14?,16?,17?,18?,19?;/m1./s1. The second-order valence-electron chi connectivity index (χ2n) is 8.59. The van der Waals surface area contributed by atoms with E-state index in [-0.39, 0.29) is 20.4 Å². The van der Waals surface area contributed by atoms with E-state index in [4.69, 9.17) is 12.6 Å². The Kier molecular flexibility index (Phi) is 5.21.